The highest BCUT2D eigenvalue weighted by molar-refractivity contribution is 5.14. The summed E-state index contributed by atoms with van der Waals surface area (Å²) in [6.07, 6.45) is 2.82. The van der Waals surface area contributed by atoms with E-state index in [-0.39, 0.29) is 0 Å². The van der Waals surface area contributed by atoms with Crippen molar-refractivity contribution in [2.75, 3.05) is 13.1 Å². The zero-order valence-corrected chi connectivity index (χ0v) is 12.7. The van der Waals surface area contributed by atoms with Crippen LogP contribution in [0.3, 0.4) is 0 Å². The molecule has 0 spiro atoms. The molecule has 5 heteroatoms. The number of aromatic nitrogens is 2. The first kappa shape index (κ1) is 15.7. The molecule has 1 heterocycles. The quantitative estimate of drug-likeness (QED) is 0.767. The summed E-state index contributed by atoms with van der Waals surface area (Å²) in [5, 5.41) is 4.07. The summed E-state index contributed by atoms with van der Waals surface area (Å²) >= 11 is 0. The van der Waals surface area contributed by atoms with Gasteiger partial charge in [-0.05, 0) is 24.9 Å². The second kappa shape index (κ2) is 8.54. The highest BCUT2D eigenvalue weighted by atomic mass is 16.5. The molecule has 0 unspecified atom stereocenters. The Labute approximate surface area is 126 Å². The molecule has 2 rings (SSSR count). The van der Waals surface area contributed by atoms with Crippen molar-refractivity contribution >= 4 is 0 Å². The number of nitrogens with zero attached hydrogens (tertiary/aromatic N) is 3. The topological polar surface area (TPSA) is 68.2 Å². The molecule has 0 fully saturated rings. The van der Waals surface area contributed by atoms with E-state index in [9.17, 15) is 0 Å². The van der Waals surface area contributed by atoms with Crippen LogP contribution < -0.4 is 5.73 Å². The van der Waals surface area contributed by atoms with E-state index in [4.69, 9.17) is 10.3 Å². The first-order valence-corrected chi connectivity index (χ1v) is 7.59. The van der Waals surface area contributed by atoms with E-state index in [1.807, 2.05) is 6.07 Å². The van der Waals surface area contributed by atoms with E-state index in [1.54, 1.807) is 0 Å². The van der Waals surface area contributed by atoms with Crippen molar-refractivity contribution < 1.29 is 4.52 Å². The molecule has 2 aromatic rings. The molecule has 21 heavy (non-hydrogen) atoms. The molecule has 0 bridgehead atoms. The first-order chi connectivity index (χ1) is 10.3. The number of rotatable bonds is 9. The van der Waals surface area contributed by atoms with Crippen LogP contribution in [0.2, 0.25) is 0 Å². The van der Waals surface area contributed by atoms with Crippen molar-refractivity contribution in [3.8, 4) is 0 Å². The number of hydrogen-bond acceptors (Lipinski definition) is 5. The van der Waals surface area contributed by atoms with Gasteiger partial charge in [0.15, 0.2) is 5.82 Å². The Bertz CT molecular complexity index is 512. The van der Waals surface area contributed by atoms with E-state index in [0.717, 1.165) is 44.1 Å². The minimum Gasteiger partial charge on any atom is -0.339 e. The van der Waals surface area contributed by atoms with Crippen molar-refractivity contribution in [2.45, 2.75) is 39.3 Å². The molecule has 0 saturated heterocycles. The molecular formula is C16H24N4O. The van der Waals surface area contributed by atoms with Gasteiger partial charge in [-0.3, -0.25) is 4.90 Å². The number of aryl methyl sites for hydroxylation is 1. The third-order valence-corrected chi connectivity index (χ3v) is 3.27. The molecule has 0 amide bonds. The van der Waals surface area contributed by atoms with E-state index in [2.05, 4.69) is 46.2 Å². The highest BCUT2D eigenvalue weighted by Gasteiger charge is 2.11. The molecule has 0 aliphatic heterocycles. The summed E-state index contributed by atoms with van der Waals surface area (Å²) in [6.45, 7) is 5.30. The fourth-order valence-electron chi connectivity index (χ4n) is 2.24. The largest absolute Gasteiger partial charge is 0.339 e. The van der Waals surface area contributed by atoms with E-state index < -0.39 is 0 Å². The van der Waals surface area contributed by atoms with E-state index in [0.29, 0.717) is 13.1 Å². The predicted octanol–water partition coefficient (Wildman–Crippen LogP) is 2.37. The Morgan fingerprint density at radius 1 is 1.19 bits per heavy atom. The number of nitrogens with two attached hydrogens (primary N) is 1. The molecule has 5 nitrogen and oxygen atoms in total. The lowest BCUT2D eigenvalue weighted by atomic mass is 10.2. The average molecular weight is 288 g/mol. The monoisotopic (exact) mass is 288 g/mol. The van der Waals surface area contributed by atoms with Gasteiger partial charge in [-0.15, -0.1) is 0 Å². The van der Waals surface area contributed by atoms with Crippen molar-refractivity contribution in [1.29, 1.82) is 0 Å². The Hall–Kier alpha value is -1.72. The van der Waals surface area contributed by atoms with Gasteiger partial charge in [-0.25, -0.2) is 0 Å². The first-order valence-electron chi connectivity index (χ1n) is 7.59. The standard InChI is InChI=1S/C16H24N4O/c1-2-7-16-18-15(19-21-16)13-20(11-6-10-17)12-14-8-4-3-5-9-14/h3-5,8-9H,2,6-7,10-13,17H2,1H3. The molecule has 114 valence electrons. The van der Waals surface area contributed by atoms with Gasteiger partial charge in [-0.1, -0.05) is 42.4 Å². The van der Waals surface area contributed by atoms with Crippen LogP contribution >= 0.6 is 0 Å². The third kappa shape index (κ3) is 5.28. The van der Waals surface area contributed by atoms with Crippen LogP contribution in [-0.4, -0.2) is 28.1 Å². The summed E-state index contributed by atoms with van der Waals surface area (Å²) in [5.74, 6) is 1.48. The number of benzene rings is 1. The van der Waals surface area contributed by atoms with Gasteiger partial charge < -0.3 is 10.3 Å². The van der Waals surface area contributed by atoms with Crippen LogP contribution in [0.4, 0.5) is 0 Å². The van der Waals surface area contributed by atoms with Crippen LogP contribution in [0.25, 0.3) is 0 Å². The minimum absolute atomic E-state index is 0.693. The second-order valence-electron chi connectivity index (χ2n) is 5.19. The molecule has 2 N–H and O–H groups in total. The smallest absolute Gasteiger partial charge is 0.226 e. The Morgan fingerprint density at radius 3 is 2.71 bits per heavy atom. The summed E-state index contributed by atoms with van der Waals surface area (Å²) in [6, 6.07) is 10.4. The minimum atomic E-state index is 0.693. The molecule has 1 aromatic heterocycles. The van der Waals surface area contributed by atoms with Crippen LogP contribution in [0.5, 0.6) is 0 Å². The molecule has 0 aliphatic rings. The van der Waals surface area contributed by atoms with E-state index >= 15 is 0 Å². The van der Waals surface area contributed by atoms with Gasteiger partial charge in [0.05, 0.1) is 6.54 Å². The Balaban J connectivity index is 1.97. The second-order valence-corrected chi connectivity index (χ2v) is 5.19. The molecule has 0 saturated carbocycles. The summed E-state index contributed by atoms with van der Waals surface area (Å²) in [5.41, 5.74) is 6.91. The fraction of sp³-hybridized carbons (Fsp3) is 0.500. The zero-order chi connectivity index (χ0) is 14.9. The lowest BCUT2D eigenvalue weighted by Gasteiger charge is -2.20. The molecule has 0 aliphatic carbocycles. The summed E-state index contributed by atoms with van der Waals surface area (Å²) in [4.78, 5) is 6.75. The maximum absolute atomic E-state index is 5.63. The Morgan fingerprint density at radius 2 is 2.00 bits per heavy atom. The highest BCUT2D eigenvalue weighted by Crippen LogP contribution is 2.09. The zero-order valence-electron chi connectivity index (χ0n) is 12.7. The number of hydrogen-bond donors (Lipinski definition) is 1. The molecule has 0 atom stereocenters. The maximum atomic E-state index is 5.63. The lowest BCUT2D eigenvalue weighted by molar-refractivity contribution is 0.244. The molecule has 1 aromatic carbocycles. The maximum Gasteiger partial charge on any atom is 0.226 e. The van der Waals surface area contributed by atoms with Gasteiger partial charge in [0.2, 0.25) is 5.89 Å². The van der Waals surface area contributed by atoms with Gasteiger partial charge in [0, 0.05) is 19.5 Å². The fourth-order valence-corrected chi connectivity index (χ4v) is 2.24. The average Bonchev–Trinajstić information content (AvgIpc) is 2.93. The van der Waals surface area contributed by atoms with Crippen molar-refractivity contribution in [3.05, 3.63) is 47.6 Å². The normalized spacial score (nSPS) is 11.2. The Kier molecular flexibility index (Phi) is 6.37. The van der Waals surface area contributed by atoms with Crippen LogP contribution in [0.1, 0.15) is 37.0 Å². The van der Waals surface area contributed by atoms with Gasteiger partial charge in [0.25, 0.3) is 0 Å². The summed E-state index contributed by atoms with van der Waals surface area (Å²) < 4.78 is 5.25. The SMILES string of the molecule is CCCc1nc(CN(CCCN)Cc2ccccc2)no1. The van der Waals surface area contributed by atoms with E-state index in [1.165, 1.54) is 5.56 Å². The molecule has 0 radical (unpaired) electrons. The predicted molar refractivity (Wildman–Crippen MR) is 82.5 cm³/mol. The third-order valence-electron chi connectivity index (χ3n) is 3.27. The molecular weight excluding hydrogens is 264 g/mol. The van der Waals surface area contributed by atoms with Crippen molar-refractivity contribution in [1.82, 2.24) is 15.0 Å². The summed E-state index contributed by atoms with van der Waals surface area (Å²) in [7, 11) is 0. The van der Waals surface area contributed by atoms with Crippen molar-refractivity contribution in [2.24, 2.45) is 5.73 Å². The lowest BCUT2D eigenvalue weighted by Crippen LogP contribution is -2.26. The van der Waals surface area contributed by atoms with Gasteiger partial charge >= 0.3 is 0 Å². The van der Waals surface area contributed by atoms with Gasteiger partial charge in [-0.2, -0.15) is 4.98 Å². The van der Waals surface area contributed by atoms with Crippen LogP contribution in [0, 0.1) is 0 Å². The van der Waals surface area contributed by atoms with Crippen LogP contribution in [-0.2, 0) is 19.5 Å². The van der Waals surface area contributed by atoms with Crippen LogP contribution in [0.15, 0.2) is 34.9 Å². The van der Waals surface area contributed by atoms with Gasteiger partial charge in [0.1, 0.15) is 0 Å². The van der Waals surface area contributed by atoms with Crippen molar-refractivity contribution in [3.63, 3.8) is 0 Å².